The number of ether oxygens (including phenoxy) is 3. The van der Waals surface area contributed by atoms with Gasteiger partial charge in [0.1, 0.15) is 13.2 Å². The Kier molecular flexibility index (Phi) is 47.1. The summed E-state index contributed by atoms with van der Waals surface area (Å²) in [7, 11) is 0. The molecular formula is C57H90O6. The second-order valence-corrected chi connectivity index (χ2v) is 16.2. The molecule has 0 aromatic carbocycles. The van der Waals surface area contributed by atoms with E-state index in [1.54, 1.807) is 0 Å². The van der Waals surface area contributed by atoms with Gasteiger partial charge in [-0.2, -0.15) is 0 Å². The smallest absolute Gasteiger partial charge is 0.306 e. The lowest BCUT2D eigenvalue weighted by Crippen LogP contribution is -2.30. The molecule has 0 aliphatic heterocycles. The van der Waals surface area contributed by atoms with E-state index in [-0.39, 0.29) is 31.6 Å². The molecule has 0 aromatic heterocycles. The van der Waals surface area contributed by atoms with Crippen molar-refractivity contribution in [2.75, 3.05) is 13.2 Å². The first kappa shape index (κ1) is 58.8. The first-order valence-electron chi connectivity index (χ1n) is 25.2. The molecular weight excluding hydrogens is 781 g/mol. The van der Waals surface area contributed by atoms with Crippen molar-refractivity contribution in [1.29, 1.82) is 0 Å². The summed E-state index contributed by atoms with van der Waals surface area (Å²) < 4.78 is 16.7. The van der Waals surface area contributed by atoms with Crippen LogP contribution in [0.5, 0.6) is 0 Å². The fraction of sp³-hybridized carbons (Fsp3) is 0.596. The topological polar surface area (TPSA) is 78.9 Å². The third-order valence-corrected chi connectivity index (χ3v) is 10.1. The van der Waals surface area contributed by atoms with Gasteiger partial charge in [-0.15, -0.1) is 0 Å². The molecule has 0 aromatic rings. The van der Waals surface area contributed by atoms with E-state index in [1.807, 2.05) is 60.8 Å². The molecule has 6 nitrogen and oxygen atoms in total. The highest BCUT2D eigenvalue weighted by atomic mass is 16.6. The second kappa shape index (κ2) is 50.5. The number of rotatable bonds is 43. The van der Waals surface area contributed by atoms with Gasteiger partial charge in [0.05, 0.1) is 0 Å². The van der Waals surface area contributed by atoms with E-state index in [9.17, 15) is 14.4 Å². The molecule has 0 radical (unpaired) electrons. The molecule has 1 unspecified atom stereocenters. The lowest BCUT2D eigenvalue weighted by atomic mass is 10.1. The standard InChI is InChI=1S/C57H90O6/c1-4-7-10-13-16-19-22-25-26-27-28-29-30-33-35-38-41-44-47-50-56(59)62-53-54(63-57(60)51-48-45-42-39-36-32-24-21-18-15-12-9-6-3)52-61-55(58)49-46-43-40-37-34-31-23-20-17-14-11-8-5-2/h8-9,11-12,14-25,32,36,39,42,54H,4-7,10,13,26-31,33-35,37-38,40-41,43-53H2,1-3H3/b11-8+,12-9+,17-14+,18-15+,19-16+,23-20+,24-21+,25-22+,36-32+,42-39+. The molecule has 0 fully saturated rings. The third kappa shape index (κ3) is 48.7. The molecule has 0 bridgehead atoms. The lowest BCUT2D eigenvalue weighted by Gasteiger charge is -2.18. The first-order chi connectivity index (χ1) is 31.0. The summed E-state index contributed by atoms with van der Waals surface area (Å²) in [5, 5.41) is 0. The van der Waals surface area contributed by atoms with Crippen molar-refractivity contribution in [3.05, 3.63) is 122 Å². The Morgan fingerprint density at radius 1 is 0.333 bits per heavy atom. The van der Waals surface area contributed by atoms with Crippen LogP contribution in [-0.4, -0.2) is 37.2 Å². The van der Waals surface area contributed by atoms with Crippen LogP contribution in [0.15, 0.2) is 122 Å². The summed E-state index contributed by atoms with van der Waals surface area (Å²) in [4.78, 5) is 37.9. The van der Waals surface area contributed by atoms with Gasteiger partial charge in [0.2, 0.25) is 0 Å². The lowest BCUT2D eigenvalue weighted by molar-refractivity contribution is -0.167. The molecule has 0 rings (SSSR count). The minimum absolute atomic E-state index is 0.119. The molecule has 0 saturated heterocycles. The summed E-state index contributed by atoms with van der Waals surface area (Å²) in [5.74, 6) is -1.03. The Hall–Kier alpha value is -4.19. The summed E-state index contributed by atoms with van der Waals surface area (Å²) in [5.41, 5.74) is 0. The summed E-state index contributed by atoms with van der Waals surface area (Å²) in [6, 6.07) is 0. The molecule has 0 saturated carbocycles. The van der Waals surface area contributed by atoms with Gasteiger partial charge in [0, 0.05) is 19.3 Å². The van der Waals surface area contributed by atoms with E-state index in [1.165, 1.54) is 77.0 Å². The SMILES string of the molecule is CC/C=C/C=C/C=C/C=C/C=C/CCCC(=O)OC(COC(=O)CCCCCCC/C=C/C=C/C=C/CC)COC(=O)CCCCCCCCCCCC/C=C/C=C/CCCCC. The molecule has 0 heterocycles. The second-order valence-electron chi connectivity index (χ2n) is 16.2. The van der Waals surface area contributed by atoms with Crippen LogP contribution in [0.2, 0.25) is 0 Å². The van der Waals surface area contributed by atoms with Crippen LogP contribution < -0.4 is 0 Å². The minimum Gasteiger partial charge on any atom is -0.462 e. The maximum Gasteiger partial charge on any atom is 0.306 e. The van der Waals surface area contributed by atoms with E-state index in [0.29, 0.717) is 19.3 Å². The summed E-state index contributed by atoms with van der Waals surface area (Å²) in [6.45, 7) is 6.23. The molecule has 0 aliphatic rings. The number of allylic oxidation sites excluding steroid dienone is 20. The zero-order valence-corrected chi connectivity index (χ0v) is 40.3. The molecule has 0 amide bonds. The number of carbonyl (C=O) groups excluding carboxylic acids is 3. The Morgan fingerprint density at radius 2 is 0.635 bits per heavy atom. The normalized spacial score (nSPS) is 13.1. The van der Waals surface area contributed by atoms with Gasteiger partial charge in [-0.3, -0.25) is 14.4 Å². The maximum absolute atomic E-state index is 12.7. The van der Waals surface area contributed by atoms with E-state index < -0.39 is 12.1 Å². The number of unbranched alkanes of at least 4 members (excludes halogenated alkanes) is 19. The van der Waals surface area contributed by atoms with E-state index >= 15 is 0 Å². The van der Waals surface area contributed by atoms with Gasteiger partial charge in [0.25, 0.3) is 0 Å². The van der Waals surface area contributed by atoms with Crippen LogP contribution in [-0.2, 0) is 28.6 Å². The zero-order chi connectivity index (χ0) is 45.8. The Bertz CT molecular complexity index is 1370. The maximum atomic E-state index is 12.7. The van der Waals surface area contributed by atoms with Gasteiger partial charge in [-0.25, -0.2) is 0 Å². The van der Waals surface area contributed by atoms with Crippen molar-refractivity contribution in [3.8, 4) is 0 Å². The van der Waals surface area contributed by atoms with Crippen LogP contribution in [0.3, 0.4) is 0 Å². The molecule has 0 spiro atoms. The van der Waals surface area contributed by atoms with Crippen molar-refractivity contribution in [3.63, 3.8) is 0 Å². The van der Waals surface area contributed by atoms with E-state index in [4.69, 9.17) is 14.2 Å². The fourth-order valence-corrected chi connectivity index (χ4v) is 6.40. The largest absolute Gasteiger partial charge is 0.462 e. The summed E-state index contributed by atoms with van der Waals surface area (Å²) in [6.07, 6.45) is 69.1. The average molecular weight is 871 g/mol. The van der Waals surface area contributed by atoms with Crippen molar-refractivity contribution >= 4 is 17.9 Å². The van der Waals surface area contributed by atoms with Gasteiger partial charge < -0.3 is 14.2 Å². The first-order valence-corrected chi connectivity index (χ1v) is 25.2. The van der Waals surface area contributed by atoms with Crippen molar-refractivity contribution < 1.29 is 28.6 Å². The molecule has 1 atom stereocenters. The fourth-order valence-electron chi connectivity index (χ4n) is 6.40. The molecule has 0 aliphatic carbocycles. The van der Waals surface area contributed by atoms with Crippen LogP contribution in [0, 0.1) is 0 Å². The number of esters is 3. The van der Waals surface area contributed by atoms with Crippen molar-refractivity contribution in [2.45, 2.75) is 207 Å². The number of hydrogen-bond acceptors (Lipinski definition) is 6. The minimum atomic E-state index is -0.827. The highest BCUT2D eigenvalue weighted by Gasteiger charge is 2.19. The predicted molar refractivity (Wildman–Crippen MR) is 269 cm³/mol. The molecule has 354 valence electrons. The van der Waals surface area contributed by atoms with E-state index in [2.05, 4.69) is 81.5 Å². The molecule has 63 heavy (non-hydrogen) atoms. The van der Waals surface area contributed by atoms with Crippen molar-refractivity contribution in [2.24, 2.45) is 0 Å². The van der Waals surface area contributed by atoms with Crippen molar-refractivity contribution in [1.82, 2.24) is 0 Å². The molecule has 6 heteroatoms. The zero-order valence-electron chi connectivity index (χ0n) is 40.3. The Labute approximate surface area is 386 Å². The van der Waals surface area contributed by atoms with Crippen LogP contribution >= 0.6 is 0 Å². The monoisotopic (exact) mass is 871 g/mol. The van der Waals surface area contributed by atoms with Crippen LogP contribution in [0.1, 0.15) is 201 Å². The number of carbonyl (C=O) groups is 3. The van der Waals surface area contributed by atoms with Gasteiger partial charge in [0.15, 0.2) is 6.10 Å². The third-order valence-electron chi connectivity index (χ3n) is 10.1. The average Bonchev–Trinajstić information content (AvgIpc) is 3.28. The Balaban J connectivity index is 4.48. The quantitative estimate of drug-likeness (QED) is 0.0263. The van der Waals surface area contributed by atoms with Gasteiger partial charge >= 0.3 is 17.9 Å². The van der Waals surface area contributed by atoms with Gasteiger partial charge in [-0.05, 0) is 77.0 Å². The highest BCUT2D eigenvalue weighted by molar-refractivity contribution is 5.71. The predicted octanol–water partition coefficient (Wildman–Crippen LogP) is 16.5. The summed E-state index contributed by atoms with van der Waals surface area (Å²) >= 11 is 0. The van der Waals surface area contributed by atoms with Gasteiger partial charge in [-0.1, -0.05) is 226 Å². The highest BCUT2D eigenvalue weighted by Crippen LogP contribution is 2.14. The number of hydrogen-bond donors (Lipinski definition) is 0. The molecule has 0 N–H and O–H groups in total. The van der Waals surface area contributed by atoms with Crippen LogP contribution in [0.25, 0.3) is 0 Å². The Morgan fingerprint density at radius 3 is 1.03 bits per heavy atom. The van der Waals surface area contributed by atoms with E-state index in [0.717, 1.165) is 77.0 Å². The van der Waals surface area contributed by atoms with Crippen LogP contribution in [0.4, 0.5) is 0 Å².